The van der Waals surface area contributed by atoms with Crippen molar-refractivity contribution < 1.29 is 19.4 Å². The molecule has 1 unspecified atom stereocenters. The van der Waals surface area contributed by atoms with Crippen molar-refractivity contribution in [1.82, 2.24) is 5.32 Å². The molecule has 0 spiro atoms. The van der Waals surface area contributed by atoms with E-state index in [1.807, 2.05) is 55.5 Å². The lowest BCUT2D eigenvalue weighted by Gasteiger charge is -2.38. The maximum absolute atomic E-state index is 12.7. The SMILES string of the molecule is CC1(C(NC(=O)OC2c3ccccc3-c3ccccc32)C(=O)O)CCCCC1. The van der Waals surface area contributed by atoms with E-state index in [1.165, 1.54) is 0 Å². The fourth-order valence-corrected chi connectivity index (χ4v) is 4.68. The summed E-state index contributed by atoms with van der Waals surface area (Å²) >= 11 is 0. The van der Waals surface area contributed by atoms with Gasteiger partial charge in [0.15, 0.2) is 6.10 Å². The Bertz CT molecular complexity index is 855. The fraction of sp³-hybridized carbons (Fsp3) is 0.391. The molecular weight excluding hydrogens is 354 g/mol. The summed E-state index contributed by atoms with van der Waals surface area (Å²) in [6.07, 6.45) is 3.46. The van der Waals surface area contributed by atoms with Gasteiger partial charge in [-0.1, -0.05) is 74.7 Å². The van der Waals surface area contributed by atoms with Crippen molar-refractivity contribution in [2.75, 3.05) is 0 Å². The molecule has 1 saturated carbocycles. The average molecular weight is 379 g/mol. The number of carboxylic acids is 1. The molecule has 28 heavy (non-hydrogen) atoms. The summed E-state index contributed by atoms with van der Waals surface area (Å²) < 4.78 is 5.77. The minimum Gasteiger partial charge on any atom is -0.480 e. The number of rotatable bonds is 4. The van der Waals surface area contributed by atoms with E-state index in [9.17, 15) is 14.7 Å². The van der Waals surface area contributed by atoms with Gasteiger partial charge in [0.2, 0.25) is 0 Å². The molecule has 2 aromatic carbocycles. The zero-order valence-electron chi connectivity index (χ0n) is 16.0. The zero-order valence-corrected chi connectivity index (χ0v) is 16.0. The highest BCUT2D eigenvalue weighted by Gasteiger charge is 2.42. The van der Waals surface area contributed by atoms with Gasteiger partial charge in [0, 0.05) is 11.1 Å². The number of hydrogen-bond donors (Lipinski definition) is 2. The molecule has 0 saturated heterocycles. The number of ether oxygens (including phenoxy) is 1. The number of fused-ring (bicyclic) bond motifs is 3. The van der Waals surface area contributed by atoms with Crippen LogP contribution in [0.25, 0.3) is 11.1 Å². The van der Waals surface area contributed by atoms with E-state index in [2.05, 4.69) is 5.32 Å². The number of carboxylic acid groups (broad SMARTS) is 1. The molecule has 1 amide bonds. The van der Waals surface area contributed by atoms with Crippen molar-refractivity contribution in [2.45, 2.75) is 51.2 Å². The Kier molecular flexibility index (Phi) is 4.84. The van der Waals surface area contributed by atoms with E-state index in [0.29, 0.717) is 0 Å². The second-order valence-electron chi connectivity index (χ2n) is 8.09. The zero-order chi connectivity index (χ0) is 19.7. The number of alkyl carbamates (subject to hydrolysis) is 1. The van der Waals surface area contributed by atoms with E-state index < -0.39 is 29.6 Å². The minimum atomic E-state index is -1.01. The van der Waals surface area contributed by atoms with Gasteiger partial charge in [0.05, 0.1) is 0 Å². The first kappa shape index (κ1) is 18.5. The van der Waals surface area contributed by atoms with Gasteiger partial charge in [0.25, 0.3) is 0 Å². The van der Waals surface area contributed by atoms with Gasteiger partial charge in [0.1, 0.15) is 6.04 Å². The lowest BCUT2D eigenvalue weighted by Crippen LogP contribution is -2.52. The maximum atomic E-state index is 12.7. The number of aliphatic carboxylic acids is 1. The van der Waals surface area contributed by atoms with E-state index in [-0.39, 0.29) is 0 Å². The van der Waals surface area contributed by atoms with Crippen molar-refractivity contribution >= 4 is 12.1 Å². The molecule has 146 valence electrons. The molecule has 1 atom stereocenters. The highest BCUT2D eigenvalue weighted by Crippen LogP contribution is 2.45. The smallest absolute Gasteiger partial charge is 0.408 e. The van der Waals surface area contributed by atoms with Crippen LogP contribution < -0.4 is 5.32 Å². The van der Waals surface area contributed by atoms with Crippen molar-refractivity contribution in [2.24, 2.45) is 5.41 Å². The Hall–Kier alpha value is -2.82. The van der Waals surface area contributed by atoms with Gasteiger partial charge >= 0.3 is 12.1 Å². The van der Waals surface area contributed by atoms with Crippen LogP contribution in [-0.4, -0.2) is 23.2 Å². The van der Waals surface area contributed by atoms with Crippen LogP contribution in [0.5, 0.6) is 0 Å². The number of benzene rings is 2. The van der Waals surface area contributed by atoms with Crippen molar-refractivity contribution in [3.05, 3.63) is 59.7 Å². The van der Waals surface area contributed by atoms with Crippen LogP contribution in [0.3, 0.4) is 0 Å². The number of carbonyl (C=O) groups excluding carboxylic acids is 1. The lowest BCUT2D eigenvalue weighted by molar-refractivity contribution is -0.143. The molecule has 0 bridgehead atoms. The Balaban J connectivity index is 1.56. The lowest BCUT2D eigenvalue weighted by atomic mass is 9.70. The van der Waals surface area contributed by atoms with Gasteiger partial charge in [-0.3, -0.25) is 0 Å². The summed E-state index contributed by atoms with van der Waals surface area (Å²) in [5.74, 6) is -1.01. The first-order valence-corrected chi connectivity index (χ1v) is 9.88. The molecule has 5 heteroatoms. The molecule has 2 aromatic rings. The van der Waals surface area contributed by atoms with Crippen molar-refractivity contribution in [3.8, 4) is 11.1 Å². The minimum absolute atomic E-state index is 0.450. The Morgan fingerprint density at radius 3 is 2.07 bits per heavy atom. The molecule has 2 N–H and O–H groups in total. The van der Waals surface area contributed by atoms with Crippen LogP contribution in [0.15, 0.2) is 48.5 Å². The number of amides is 1. The van der Waals surface area contributed by atoms with Crippen LogP contribution in [0.1, 0.15) is 56.3 Å². The molecule has 4 rings (SSSR count). The molecule has 2 aliphatic carbocycles. The van der Waals surface area contributed by atoms with E-state index in [1.54, 1.807) is 0 Å². The quantitative estimate of drug-likeness (QED) is 0.792. The number of nitrogens with one attached hydrogen (secondary N) is 1. The molecule has 1 fully saturated rings. The third kappa shape index (κ3) is 3.26. The topological polar surface area (TPSA) is 75.6 Å². The average Bonchev–Trinajstić information content (AvgIpc) is 3.01. The maximum Gasteiger partial charge on any atom is 0.408 e. The van der Waals surface area contributed by atoms with Crippen LogP contribution in [0.4, 0.5) is 4.79 Å². The predicted molar refractivity (Wildman–Crippen MR) is 106 cm³/mol. The molecule has 5 nitrogen and oxygen atoms in total. The summed E-state index contributed by atoms with van der Waals surface area (Å²) in [5, 5.41) is 12.4. The first-order valence-electron chi connectivity index (χ1n) is 9.88. The normalized spacial score (nSPS) is 18.6. The van der Waals surface area contributed by atoms with Gasteiger partial charge in [-0.2, -0.15) is 0 Å². The Morgan fingerprint density at radius 2 is 1.54 bits per heavy atom. The summed E-state index contributed by atoms with van der Waals surface area (Å²) in [6.45, 7) is 1.95. The molecule has 0 radical (unpaired) electrons. The van der Waals surface area contributed by atoms with Gasteiger partial charge < -0.3 is 15.2 Å². The predicted octanol–water partition coefficient (Wildman–Crippen LogP) is 4.91. The van der Waals surface area contributed by atoms with Crippen molar-refractivity contribution in [1.29, 1.82) is 0 Å². The standard InChI is InChI=1S/C23H25NO4/c1-23(13-7-2-8-14-23)20(21(25)26)24-22(27)28-19-17-11-5-3-9-15(17)16-10-4-6-12-18(16)19/h3-6,9-12,19-20H,2,7-8,13-14H2,1H3,(H,24,27)(H,25,26). The van der Waals surface area contributed by atoms with Crippen LogP contribution in [-0.2, 0) is 9.53 Å². The largest absolute Gasteiger partial charge is 0.480 e. The number of carbonyl (C=O) groups is 2. The third-order valence-electron chi connectivity index (χ3n) is 6.20. The Morgan fingerprint density at radius 1 is 1.00 bits per heavy atom. The monoisotopic (exact) mass is 379 g/mol. The molecule has 2 aliphatic rings. The molecular formula is C23H25NO4. The highest BCUT2D eigenvalue weighted by molar-refractivity contribution is 5.83. The van der Waals surface area contributed by atoms with Crippen molar-refractivity contribution in [3.63, 3.8) is 0 Å². The Labute approximate surface area is 164 Å². The van der Waals surface area contributed by atoms with E-state index in [0.717, 1.165) is 54.4 Å². The summed E-state index contributed by atoms with van der Waals surface area (Å²) in [4.78, 5) is 24.6. The molecule has 0 heterocycles. The second kappa shape index (κ2) is 7.30. The van der Waals surface area contributed by atoms with Gasteiger partial charge in [-0.05, 0) is 29.4 Å². The molecule has 0 aliphatic heterocycles. The van der Waals surface area contributed by atoms with E-state index in [4.69, 9.17) is 4.74 Å². The van der Waals surface area contributed by atoms with Crippen LogP contribution >= 0.6 is 0 Å². The summed E-state index contributed by atoms with van der Waals surface area (Å²) in [7, 11) is 0. The molecule has 0 aromatic heterocycles. The van der Waals surface area contributed by atoms with E-state index >= 15 is 0 Å². The van der Waals surface area contributed by atoms with Gasteiger partial charge in [-0.25, -0.2) is 9.59 Å². The van der Waals surface area contributed by atoms with Crippen LogP contribution in [0, 0.1) is 5.41 Å². The summed E-state index contributed by atoms with van der Waals surface area (Å²) in [6, 6.07) is 14.7. The number of hydrogen-bond acceptors (Lipinski definition) is 3. The fourth-order valence-electron chi connectivity index (χ4n) is 4.68. The third-order valence-corrected chi connectivity index (χ3v) is 6.20. The highest BCUT2D eigenvalue weighted by atomic mass is 16.6. The van der Waals surface area contributed by atoms with Gasteiger partial charge in [-0.15, -0.1) is 0 Å². The summed E-state index contributed by atoms with van der Waals surface area (Å²) in [5.41, 5.74) is 3.49. The second-order valence-corrected chi connectivity index (χ2v) is 8.09. The first-order chi connectivity index (χ1) is 13.5. The van der Waals surface area contributed by atoms with Crippen LogP contribution in [0.2, 0.25) is 0 Å².